The third-order valence-electron chi connectivity index (χ3n) is 8.03. The van der Waals surface area contributed by atoms with E-state index in [1.165, 1.54) is 14.2 Å². The topological polar surface area (TPSA) is 157 Å². The molecule has 1 saturated heterocycles. The van der Waals surface area contributed by atoms with Crippen molar-refractivity contribution in [3.05, 3.63) is 70.2 Å². The molecule has 0 bridgehead atoms. The van der Waals surface area contributed by atoms with Crippen LogP contribution >= 0.6 is 23.2 Å². The van der Waals surface area contributed by atoms with Crippen molar-refractivity contribution in [2.75, 3.05) is 38.8 Å². The first kappa shape index (κ1) is 36.4. The molecule has 5 rings (SSSR count). The predicted molar refractivity (Wildman–Crippen MR) is 191 cm³/mol. The molecule has 1 aliphatic rings. The van der Waals surface area contributed by atoms with E-state index < -0.39 is 9.84 Å². The molecule has 15 heteroatoms. The molecule has 0 spiro atoms. The third kappa shape index (κ3) is 8.84. The lowest BCUT2D eigenvalue weighted by Crippen LogP contribution is -2.42. The van der Waals surface area contributed by atoms with Gasteiger partial charge in [0, 0.05) is 60.9 Å². The molecule has 49 heavy (non-hydrogen) atoms. The van der Waals surface area contributed by atoms with Crippen LogP contribution in [0.4, 0.5) is 0 Å². The highest BCUT2D eigenvalue weighted by Crippen LogP contribution is 2.42. The molecular formula is C34H39Cl2N7O5S. The van der Waals surface area contributed by atoms with Gasteiger partial charge in [0.2, 0.25) is 17.7 Å². The lowest BCUT2D eigenvalue weighted by Gasteiger charge is -2.25. The van der Waals surface area contributed by atoms with Gasteiger partial charge in [-0.2, -0.15) is 0 Å². The Morgan fingerprint density at radius 2 is 1.35 bits per heavy atom. The van der Waals surface area contributed by atoms with E-state index >= 15 is 0 Å². The number of nitrogens with zero attached hydrogens (tertiary/aromatic N) is 4. The second kappa shape index (κ2) is 16.2. The predicted octanol–water partition coefficient (Wildman–Crippen LogP) is 4.73. The number of methoxy groups -OCH3 is 2. The van der Waals surface area contributed by atoms with Crippen molar-refractivity contribution in [3.8, 4) is 45.4 Å². The molecule has 1 amide bonds. The average molecular weight is 729 g/mol. The molecule has 1 fully saturated rings. The van der Waals surface area contributed by atoms with E-state index in [1.807, 2.05) is 50.2 Å². The van der Waals surface area contributed by atoms with E-state index in [2.05, 4.69) is 30.9 Å². The summed E-state index contributed by atoms with van der Waals surface area (Å²) in [5, 5.41) is 10.3. The zero-order valence-corrected chi connectivity index (χ0v) is 30.0. The Labute approximate surface area is 296 Å². The Morgan fingerprint density at radius 3 is 1.82 bits per heavy atom. The maximum Gasteiger partial charge on any atom is 0.237 e. The minimum Gasteiger partial charge on any atom is -0.480 e. The van der Waals surface area contributed by atoms with Crippen LogP contribution in [0.2, 0.25) is 10.0 Å². The van der Waals surface area contributed by atoms with Gasteiger partial charge in [-0.25, -0.2) is 18.4 Å². The van der Waals surface area contributed by atoms with E-state index in [0.717, 1.165) is 0 Å². The van der Waals surface area contributed by atoms with Crippen LogP contribution in [0.25, 0.3) is 33.6 Å². The number of hydrogen-bond acceptors (Lipinski definition) is 11. The van der Waals surface area contributed by atoms with E-state index in [-0.39, 0.29) is 29.4 Å². The van der Waals surface area contributed by atoms with Crippen molar-refractivity contribution in [2.45, 2.75) is 39.4 Å². The molecule has 1 atom stereocenters. The van der Waals surface area contributed by atoms with Crippen LogP contribution < -0.4 is 25.4 Å². The molecule has 0 saturated carbocycles. The van der Waals surface area contributed by atoms with Crippen molar-refractivity contribution in [2.24, 2.45) is 5.92 Å². The summed E-state index contributed by atoms with van der Waals surface area (Å²) in [6.07, 6.45) is 3.72. The lowest BCUT2D eigenvalue weighted by atomic mass is 9.98. The fraction of sp³-hybridized carbons (Fsp3) is 0.382. The van der Waals surface area contributed by atoms with Crippen molar-refractivity contribution in [1.29, 1.82) is 0 Å². The normalized spacial score (nSPS) is 14.6. The van der Waals surface area contributed by atoms with Gasteiger partial charge in [0.05, 0.1) is 59.6 Å². The van der Waals surface area contributed by atoms with Crippen molar-refractivity contribution in [3.63, 3.8) is 0 Å². The van der Waals surface area contributed by atoms with Gasteiger partial charge in [-0.15, -0.1) is 0 Å². The number of sulfone groups is 1. The van der Waals surface area contributed by atoms with Gasteiger partial charge in [-0.05, 0) is 12.8 Å². The molecule has 3 N–H and O–H groups in total. The summed E-state index contributed by atoms with van der Waals surface area (Å²) in [5.41, 5.74) is 4.96. The first-order valence-electron chi connectivity index (χ1n) is 15.8. The van der Waals surface area contributed by atoms with Gasteiger partial charge in [0.1, 0.15) is 11.4 Å². The molecule has 0 radical (unpaired) electrons. The minimum absolute atomic E-state index is 0.00138. The van der Waals surface area contributed by atoms with Gasteiger partial charge < -0.3 is 25.4 Å². The van der Waals surface area contributed by atoms with E-state index in [9.17, 15) is 13.2 Å². The first-order chi connectivity index (χ1) is 23.5. The van der Waals surface area contributed by atoms with Crippen molar-refractivity contribution in [1.82, 2.24) is 35.9 Å². The summed E-state index contributed by atoms with van der Waals surface area (Å²) in [5.74, 6) is 1.22. The fourth-order valence-electron chi connectivity index (χ4n) is 5.52. The molecule has 1 aliphatic heterocycles. The van der Waals surface area contributed by atoms with Gasteiger partial charge in [0.15, 0.2) is 9.84 Å². The number of hydrogen-bond donors (Lipinski definition) is 3. The molecule has 0 aliphatic carbocycles. The highest BCUT2D eigenvalue weighted by Gasteiger charge is 2.32. The molecule has 3 heterocycles. The number of amides is 1. The van der Waals surface area contributed by atoms with Gasteiger partial charge in [0.25, 0.3) is 0 Å². The number of carbonyl (C=O) groups excluding carboxylic acids is 1. The smallest absolute Gasteiger partial charge is 0.237 e. The Morgan fingerprint density at radius 1 is 0.857 bits per heavy atom. The van der Waals surface area contributed by atoms with Gasteiger partial charge >= 0.3 is 0 Å². The second-order valence-corrected chi connectivity index (χ2v) is 14.7. The largest absolute Gasteiger partial charge is 0.480 e. The standard InChI is InChI=1S/C34H39Cl2N7O5S/c1-5-30(44)41-20(2)12-37-14-28-33(47-3)42-26(16-39-28)24-10-6-8-22(31(24)35)23-9-7-11-25(32(23)36)27-17-40-29(34(43-27)48-4)15-38-13-21-18-49(45,46)19-21/h6-11,16-17,20-21,37-38H,5,12-15,18-19H2,1-4H3,(H,41,44)/t20-/m0/s1. The molecule has 12 nitrogen and oxygen atoms in total. The van der Waals surface area contributed by atoms with E-state index in [4.69, 9.17) is 37.7 Å². The summed E-state index contributed by atoms with van der Waals surface area (Å²) >= 11 is 14.0. The zero-order chi connectivity index (χ0) is 35.1. The lowest BCUT2D eigenvalue weighted by molar-refractivity contribution is -0.121. The zero-order valence-electron chi connectivity index (χ0n) is 27.7. The number of carbonyl (C=O) groups is 1. The number of nitrogens with one attached hydrogen (secondary N) is 3. The number of aromatic nitrogens is 4. The number of ether oxygens (including phenoxy) is 2. The Kier molecular flexibility index (Phi) is 12.0. The molecule has 4 aromatic rings. The quantitative estimate of drug-likeness (QED) is 0.156. The summed E-state index contributed by atoms with van der Waals surface area (Å²) in [6, 6.07) is 11.2. The highest BCUT2D eigenvalue weighted by atomic mass is 35.5. The SMILES string of the molecule is CCC(=O)N[C@@H](C)CNCc1ncc(-c2cccc(-c3cccc(-c4cnc(CNCC5CS(=O)(=O)C5)c(OC)n4)c3Cl)c2Cl)nc1OC. The van der Waals surface area contributed by atoms with Crippen LogP contribution in [0.15, 0.2) is 48.8 Å². The Bertz CT molecular complexity index is 1920. The number of halogens is 2. The molecule has 2 aromatic heterocycles. The Balaban J connectivity index is 1.34. The summed E-state index contributed by atoms with van der Waals surface area (Å²) < 4.78 is 34.0. The monoisotopic (exact) mass is 727 g/mol. The average Bonchev–Trinajstić information content (AvgIpc) is 3.08. The maximum absolute atomic E-state index is 11.6. The van der Waals surface area contributed by atoms with Crippen LogP contribution in [-0.2, 0) is 27.7 Å². The first-order valence-corrected chi connectivity index (χ1v) is 18.4. The van der Waals surface area contributed by atoms with Crippen molar-refractivity contribution < 1.29 is 22.7 Å². The van der Waals surface area contributed by atoms with Crippen LogP contribution in [0.1, 0.15) is 31.7 Å². The van der Waals surface area contributed by atoms with E-state index in [1.54, 1.807) is 12.4 Å². The van der Waals surface area contributed by atoms with Crippen molar-refractivity contribution >= 4 is 38.9 Å². The summed E-state index contributed by atoms with van der Waals surface area (Å²) in [7, 11) is 0.190. The maximum atomic E-state index is 11.6. The van der Waals surface area contributed by atoms with Crippen LogP contribution in [0.5, 0.6) is 11.8 Å². The second-order valence-electron chi connectivity index (χ2n) is 11.8. The van der Waals surface area contributed by atoms with Crippen LogP contribution in [-0.4, -0.2) is 79.1 Å². The molecule has 260 valence electrons. The summed E-state index contributed by atoms with van der Waals surface area (Å²) in [4.78, 5) is 30.2. The number of benzene rings is 2. The fourth-order valence-corrected chi connectivity index (χ4v) is 7.74. The van der Waals surface area contributed by atoms with Crippen LogP contribution in [0, 0.1) is 5.92 Å². The number of rotatable bonds is 15. The molecule has 2 aromatic carbocycles. The third-order valence-corrected chi connectivity index (χ3v) is 10.8. The summed E-state index contributed by atoms with van der Waals surface area (Å²) in [6.45, 7) is 5.65. The molecule has 0 unspecified atom stereocenters. The van der Waals surface area contributed by atoms with Gasteiger partial charge in [-0.3, -0.25) is 14.8 Å². The minimum atomic E-state index is -2.87. The van der Waals surface area contributed by atoms with Gasteiger partial charge in [-0.1, -0.05) is 66.5 Å². The molecular weight excluding hydrogens is 689 g/mol. The Hall–Kier alpha value is -3.88. The highest BCUT2D eigenvalue weighted by molar-refractivity contribution is 7.92. The van der Waals surface area contributed by atoms with Crippen LogP contribution in [0.3, 0.4) is 0 Å². The van der Waals surface area contributed by atoms with E-state index in [0.29, 0.717) is 99.4 Å².